The minimum atomic E-state index is 0.855. The fourth-order valence-corrected chi connectivity index (χ4v) is 1.51. The Morgan fingerprint density at radius 2 is 2.46 bits per heavy atom. The van der Waals surface area contributed by atoms with E-state index >= 15 is 0 Å². The van der Waals surface area contributed by atoms with Gasteiger partial charge in [0, 0.05) is 11.4 Å². The second kappa shape index (κ2) is 5.12. The zero-order valence-corrected chi connectivity index (χ0v) is 9.06. The van der Waals surface area contributed by atoms with Gasteiger partial charge < -0.3 is 0 Å². The lowest BCUT2D eigenvalue weighted by atomic mass is 10.1. The molecule has 1 aromatic rings. The average molecular weight is 196 g/mol. The Morgan fingerprint density at radius 3 is 2.92 bits per heavy atom. The maximum Gasteiger partial charge on any atom is 0.0525 e. The van der Waals surface area contributed by atoms with Crippen molar-refractivity contribution in [2.75, 3.05) is 5.75 Å². The van der Waals surface area contributed by atoms with Gasteiger partial charge in [-0.25, -0.2) is 0 Å². The van der Waals surface area contributed by atoms with Crippen LogP contribution in [0, 0.1) is 6.92 Å². The van der Waals surface area contributed by atoms with E-state index in [9.17, 15) is 0 Å². The van der Waals surface area contributed by atoms with Crippen molar-refractivity contribution in [1.82, 2.24) is 10.2 Å². The first kappa shape index (κ1) is 10.4. The number of thiol groups is 1. The van der Waals surface area contributed by atoms with Gasteiger partial charge in [0.1, 0.15) is 0 Å². The summed E-state index contributed by atoms with van der Waals surface area (Å²) >= 11 is 4.26. The molecule has 1 heterocycles. The van der Waals surface area contributed by atoms with E-state index in [1.54, 1.807) is 0 Å². The minimum Gasteiger partial charge on any atom is -0.283 e. The molecule has 0 bridgehead atoms. The van der Waals surface area contributed by atoms with E-state index in [4.69, 9.17) is 0 Å². The summed E-state index contributed by atoms with van der Waals surface area (Å²) in [6.45, 7) is 4.20. The number of aromatic amines is 1. The van der Waals surface area contributed by atoms with Crippen molar-refractivity contribution in [3.63, 3.8) is 0 Å². The Labute approximate surface area is 84.8 Å². The summed E-state index contributed by atoms with van der Waals surface area (Å²) in [5.41, 5.74) is 3.82. The highest BCUT2D eigenvalue weighted by Gasteiger charge is 1.98. The van der Waals surface area contributed by atoms with Gasteiger partial charge in [-0.1, -0.05) is 18.6 Å². The van der Waals surface area contributed by atoms with Crippen LogP contribution in [0.5, 0.6) is 0 Å². The molecular formula is C10H16N2S. The first-order chi connectivity index (χ1) is 6.27. The van der Waals surface area contributed by atoms with Crippen molar-refractivity contribution in [3.8, 4) is 0 Å². The molecule has 0 aliphatic rings. The number of aromatic nitrogens is 2. The van der Waals surface area contributed by atoms with Gasteiger partial charge in [0.25, 0.3) is 0 Å². The Hall–Kier alpha value is -0.700. The van der Waals surface area contributed by atoms with E-state index in [1.807, 2.05) is 13.1 Å². The van der Waals surface area contributed by atoms with Crippen LogP contribution >= 0.6 is 12.6 Å². The van der Waals surface area contributed by atoms with Crippen LogP contribution in [0.1, 0.15) is 24.6 Å². The van der Waals surface area contributed by atoms with Gasteiger partial charge in [-0.3, -0.25) is 5.10 Å². The molecule has 0 amide bonds. The van der Waals surface area contributed by atoms with E-state index in [2.05, 4.69) is 35.8 Å². The lowest BCUT2D eigenvalue weighted by molar-refractivity contribution is 1.04. The van der Waals surface area contributed by atoms with Crippen LogP contribution in [0.3, 0.4) is 0 Å². The van der Waals surface area contributed by atoms with Crippen molar-refractivity contribution in [2.45, 2.75) is 26.7 Å². The highest BCUT2D eigenvalue weighted by Crippen LogP contribution is 2.08. The molecule has 0 aliphatic carbocycles. The second-order valence-corrected chi connectivity index (χ2v) is 3.41. The second-order valence-electron chi connectivity index (χ2n) is 3.10. The van der Waals surface area contributed by atoms with Gasteiger partial charge in [-0.05, 0) is 25.3 Å². The van der Waals surface area contributed by atoms with Crippen molar-refractivity contribution < 1.29 is 0 Å². The number of aryl methyl sites for hydroxylation is 1. The average Bonchev–Trinajstić information content (AvgIpc) is 2.54. The minimum absolute atomic E-state index is 0.855. The highest BCUT2D eigenvalue weighted by atomic mass is 32.1. The number of allylic oxidation sites excluding steroid dienone is 1. The number of nitrogens with one attached hydrogen (secondary N) is 1. The van der Waals surface area contributed by atoms with Crippen molar-refractivity contribution in [2.24, 2.45) is 0 Å². The molecule has 1 aromatic heterocycles. The SMILES string of the molecule is CC/C(=C\Cc1cn[nH]c1C)CS. The molecule has 0 fully saturated rings. The molecular weight excluding hydrogens is 180 g/mol. The summed E-state index contributed by atoms with van der Waals surface area (Å²) in [6.07, 6.45) is 6.18. The van der Waals surface area contributed by atoms with Crippen molar-refractivity contribution in [3.05, 3.63) is 29.1 Å². The normalized spacial score (nSPS) is 12.1. The molecule has 0 saturated carbocycles. The summed E-state index contributed by atoms with van der Waals surface area (Å²) in [4.78, 5) is 0. The quantitative estimate of drug-likeness (QED) is 0.562. The lowest BCUT2D eigenvalue weighted by Crippen LogP contribution is -1.87. The van der Waals surface area contributed by atoms with Crippen molar-refractivity contribution in [1.29, 1.82) is 0 Å². The van der Waals surface area contributed by atoms with Crippen LogP contribution < -0.4 is 0 Å². The van der Waals surface area contributed by atoms with Crippen LogP contribution in [0.25, 0.3) is 0 Å². The zero-order valence-electron chi connectivity index (χ0n) is 8.17. The van der Waals surface area contributed by atoms with Crippen LogP contribution in [-0.2, 0) is 6.42 Å². The predicted octanol–water partition coefficient (Wildman–Crippen LogP) is 2.53. The van der Waals surface area contributed by atoms with Gasteiger partial charge in [-0.15, -0.1) is 0 Å². The van der Waals surface area contributed by atoms with Crippen LogP contribution in [0.2, 0.25) is 0 Å². The van der Waals surface area contributed by atoms with Crippen LogP contribution in [0.4, 0.5) is 0 Å². The number of hydrogen-bond donors (Lipinski definition) is 2. The number of nitrogens with zero attached hydrogens (tertiary/aromatic N) is 1. The lowest BCUT2D eigenvalue weighted by Gasteiger charge is -1.98. The maximum atomic E-state index is 4.26. The Morgan fingerprint density at radius 1 is 1.69 bits per heavy atom. The van der Waals surface area contributed by atoms with Gasteiger partial charge in [-0.2, -0.15) is 17.7 Å². The largest absolute Gasteiger partial charge is 0.283 e. The molecule has 0 atom stereocenters. The van der Waals surface area contributed by atoms with Crippen LogP contribution in [0.15, 0.2) is 17.8 Å². The first-order valence-corrected chi connectivity index (χ1v) is 5.18. The summed E-state index contributed by atoms with van der Waals surface area (Å²) < 4.78 is 0. The molecule has 0 aliphatic heterocycles. The highest BCUT2D eigenvalue weighted by molar-refractivity contribution is 7.80. The van der Waals surface area contributed by atoms with E-state index in [0.29, 0.717) is 0 Å². The fourth-order valence-electron chi connectivity index (χ4n) is 1.16. The predicted molar refractivity (Wildman–Crippen MR) is 59.3 cm³/mol. The monoisotopic (exact) mass is 196 g/mol. The van der Waals surface area contributed by atoms with E-state index in [-0.39, 0.29) is 0 Å². The Kier molecular flexibility index (Phi) is 4.09. The molecule has 0 unspecified atom stereocenters. The standard InChI is InChI=1S/C10H16N2S/c1-3-9(7-13)4-5-10-6-11-12-8(10)2/h4,6,13H,3,5,7H2,1-2H3,(H,11,12)/b9-4+. The molecule has 0 radical (unpaired) electrons. The molecule has 0 aromatic carbocycles. The Bertz CT molecular complexity index is 283. The number of rotatable bonds is 4. The third-order valence-corrected chi connectivity index (χ3v) is 2.61. The molecule has 1 N–H and O–H groups in total. The first-order valence-electron chi connectivity index (χ1n) is 4.55. The topological polar surface area (TPSA) is 28.7 Å². The van der Waals surface area contributed by atoms with Crippen LogP contribution in [-0.4, -0.2) is 16.0 Å². The molecule has 0 saturated heterocycles. The molecule has 0 spiro atoms. The Balaban J connectivity index is 2.60. The van der Waals surface area contributed by atoms with Gasteiger partial charge in [0.2, 0.25) is 0 Å². The summed E-state index contributed by atoms with van der Waals surface area (Å²) in [7, 11) is 0. The van der Waals surface area contributed by atoms with Gasteiger partial charge in [0.05, 0.1) is 6.20 Å². The zero-order chi connectivity index (χ0) is 9.68. The molecule has 2 nitrogen and oxygen atoms in total. The summed E-state index contributed by atoms with van der Waals surface area (Å²) in [5.74, 6) is 0.855. The third-order valence-electron chi connectivity index (χ3n) is 2.20. The fraction of sp³-hybridized carbons (Fsp3) is 0.500. The van der Waals surface area contributed by atoms with Crippen molar-refractivity contribution >= 4 is 12.6 Å². The van der Waals surface area contributed by atoms with E-state index < -0.39 is 0 Å². The number of H-pyrrole nitrogens is 1. The van der Waals surface area contributed by atoms with E-state index in [0.717, 1.165) is 24.3 Å². The third kappa shape index (κ3) is 2.92. The molecule has 1 rings (SSSR count). The van der Waals surface area contributed by atoms with E-state index in [1.165, 1.54) is 11.1 Å². The smallest absolute Gasteiger partial charge is 0.0525 e. The summed E-state index contributed by atoms with van der Waals surface area (Å²) in [5, 5.41) is 6.91. The number of hydrogen-bond acceptors (Lipinski definition) is 2. The molecule has 13 heavy (non-hydrogen) atoms. The molecule has 3 heteroatoms. The van der Waals surface area contributed by atoms with Gasteiger partial charge in [0.15, 0.2) is 0 Å². The van der Waals surface area contributed by atoms with Gasteiger partial charge >= 0.3 is 0 Å². The maximum absolute atomic E-state index is 4.26. The molecule has 72 valence electrons. The summed E-state index contributed by atoms with van der Waals surface area (Å²) in [6, 6.07) is 0.